The summed E-state index contributed by atoms with van der Waals surface area (Å²) in [6, 6.07) is 9.30. The average molecular weight is 409 g/mol. The number of nitrogens with zero attached hydrogens (tertiary/aromatic N) is 3. The minimum atomic E-state index is -0.103. The fourth-order valence-corrected chi connectivity index (χ4v) is 3.47. The van der Waals surface area contributed by atoms with Crippen LogP contribution in [0.3, 0.4) is 0 Å². The molecule has 146 valence electrons. The molecule has 27 heavy (non-hydrogen) atoms. The molecule has 0 spiro atoms. The average Bonchev–Trinajstić information content (AvgIpc) is 2.67. The molecule has 0 aliphatic rings. The molecule has 1 amide bonds. The summed E-state index contributed by atoms with van der Waals surface area (Å²) in [5, 5.41) is 3.89. The quantitative estimate of drug-likeness (QED) is 0.280. The van der Waals surface area contributed by atoms with Crippen molar-refractivity contribution in [3.8, 4) is 0 Å². The summed E-state index contributed by atoms with van der Waals surface area (Å²) in [4.78, 5) is 23.0. The number of thioether (sulfide) groups is 1. The van der Waals surface area contributed by atoms with Crippen molar-refractivity contribution in [1.29, 1.82) is 0 Å². The molecular weight excluding hydrogens is 384 g/mol. The number of methoxy groups -OCH3 is 1. The van der Waals surface area contributed by atoms with Gasteiger partial charge < -0.3 is 15.0 Å². The summed E-state index contributed by atoms with van der Waals surface area (Å²) in [6.07, 6.45) is 0. The van der Waals surface area contributed by atoms with Crippen LogP contribution in [0.25, 0.3) is 0 Å². The lowest BCUT2D eigenvalue weighted by Crippen LogP contribution is -2.26. The van der Waals surface area contributed by atoms with E-state index in [0.717, 1.165) is 24.5 Å². The predicted octanol–water partition coefficient (Wildman–Crippen LogP) is 3.64. The van der Waals surface area contributed by atoms with Crippen molar-refractivity contribution in [2.24, 2.45) is 0 Å². The van der Waals surface area contributed by atoms with E-state index in [-0.39, 0.29) is 5.91 Å². The Morgan fingerprint density at radius 3 is 2.56 bits per heavy atom. The number of carbonyl (C=O) groups excluding carboxylic acids is 1. The number of aromatic nitrogens is 2. The van der Waals surface area contributed by atoms with Crippen LogP contribution >= 0.6 is 23.4 Å². The number of carbonyl (C=O) groups is 1. The summed E-state index contributed by atoms with van der Waals surface area (Å²) >= 11 is 7.67. The third-order valence-electron chi connectivity index (χ3n) is 3.92. The SMILES string of the molecule is CCN(CC)c1cc(Cl)nc(SCc2ccc(C(=O)NCCOC)cc2)n1. The lowest BCUT2D eigenvalue weighted by atomic mass is 10.1. The predicted molar refractivity (Wildman–Crippen MR) is 111 cm³/mol. The Hall–Kier alpha value is -1.83. The third kappa shape index (κ3) is 6.68. The van der Waals surface area contributed by atoms with Crippen LogP contribution in [0.1, 0.15) is 29.8 Å². The van der Waals surface area contributed by atoms with Crippen molar-refractivity contribution in [3.05, 3.63) is 46.6 Å². The largest absolute Gasteiger partial charge is 0.383 e. The topological polar surface area (TPSA) is 67.4 Å². The highest BCUT2D eigenvalue weighted by molar-refractivity contribution is 7.98. The molecule has 1 N–H and O–H groups in total. The number of rotatable bonds is 10. The van der Waals surface area contributed by atoms with Crippen molar-refractivity contribution < 1.29 is 9.53 Å². The molecule has 8 heteroatoms. The third-order valence-corrected chi connectivity index (χ3v) is 5.04. The van der Waals surface area contributed by atoms with Gasteiger partial charge in [-0.1, -0.05) is 35.5 Å². The number of nitrogens with one attached hydrogen (secondary N) is 1. The minimum absolute atomic E-state index is 0.103. The van der Waals surface area contributed by atoms with Gasteiger partial charge >= 0.3 is 0 Å². The lowest BCUT2D eigenvalue weighted by Gasteiger charge is -2.20. The normalized spacial score (nSPS) is 10.7. The van der Waals surface area contributed by atoms with E-state index in [4.69, 9.17) is 16.3 Å². The Balaban J connectivity index is 1.97. The fraction of sp³-hybridized carbons (Fsp3) is 0.421. The molecule has 0 radical (unpaired) electrons. The van der Waals surface area contributed by atoms with Crippen molar-refractivity contribution in [2.45, 2.75) is 24.8 Å². The molecule has 1 aromatic heterocycles. The van der Waals surface area contributed by atoms with Gasteiger partial charge in [-0.2, -0.15) is 0 Å². The molecule has 0 aliphatic heterocycles. The molecular formula is C19H25ClN4O2S. The second kappa shape index (κ2) is 11.1. The van der Waals surface area contributed by atoms with Crippen LogP contribution in [0.5, 0.6) is 0 Å². The van der Waals surface area contributed by atoms with Gasteiger partial charge in [0.1, 0.15) is 11.0 Å². The first-order valence-electron chi connectivity index (χ1n) is 8.85. The molecule has 0 unspecified atom stereocenters. The Bertz CT molecular complexity index is 739. The number of amides is 1. The molecule has 0 fully saturated rings. The zero-order valence-electron chi connectivity index (χ0n) is 15.9. The van der Waals surface area contributed by atoms with E-state index >= 15 is 0 Å². The molecule has 6 nitrogen and oxygen atoms in total. The highest BCUT2D eigenvalue weighted by Gasteiger charge is 2.10. The van der Waals surface area contributed by atoms with Gasteiger partial charge in [0.2, 0.25) is 0 Å². The Labute approximate surface area is 169 Å². The van der Waals surface area contributed by atoms with Crippen LogP contribution in [0, 0.1) is 0 Å². The number of hydrogen-bond acceptors (Lipinski definition) is 6. The van der Waals surface area contributed by atoms with Crippen LogP contribution < -0.4 is 10.2 Å². The Kier molecular flexibility index (Phi) is 8.84. The van der Waals surface area contributed by atoms with Gasteiger partial charge in [-0.25, -0.2) is 9.97 Å². The van der Waals surface area contributed by atoms with E-state index in [1.54, 1.807) is 13.2 Å². The first-order valence-corrected chi connectivity index (χ1v) is 10.2. The maximum Gasteiger partial charge on any atom is 0.251 e. The van der Waals surface area contributed by atoms with Gasteiger partial charge in [0.25, 0.3) is 5.91 Å². The highest BCUT2D eigenvalue weighted by Crippen LogP contribution is 2.24. The maximum absolute atomic E-state index is 12.0. The molecule has 0 bridgehead atoms. The van der Waals surface area contributed by atoms with E-state index in [1.807, 2.05) is 24.3 Å². The molecule has 1 heterocycles. The van der Waals surface area contributed by atoms with Gasteiger partial charge in [0.05, 0.1) is 6.61 Å². The number of ether oxygens (including phenoxy) is 1. The summed E-state index contributed by atoms with van der Waals surface area (Å²) in [7, 11) is 1.60. The second-order valence-corrected chi connectivity index (χ2v) is 7.07. The summed E-state index contributed by atoms with van der Waals surface area (Å²) in [5.74, 6) is 1.43. The van der Waals surface area contributed by atoms with Crippen molar-refractivity contribution in [1.82, 2.24) is 15.3 Å². The zero-order chi connectivity index (χ0) is 19.6. The summed E-state index contributed by atoms with van der Waals surface area (Å²) in [6.45, 7) is 6.88. The Morgan fingerprint density at radius 2 is 1.93 bits per heavy atom. The van der Waals surface area contributed by atoms with E-state index < -0.39 is 0 Å². The minimum Gasteiger partial charge on any atom is -0.383 e. The zero-order valence-corrected chi connectivity index (χ0v) is 17.4. The highest BCUT2D eigenvalue weighted by atomic mass is 35.5. The van der Waals surface area contributed by atoms with Gasteiger partial charge in [-0.15, -0.1) is 0 Å². The standard InChI is InChI=1S/C19H25ClN4O2S/c1-4-24(5-2)17-12-16(20)22-19(23-17)27-13-14-6-8-15(9-7-14)18(25)21-10-11-26-3/h6-9,12H,4-5,10-11,13H2,1-3H3,(H,21,25). The number of benzene rings is 1. The molecule has 0 saturated carbocycles. The molecule has 2 aromatic rings. The summed E-state index contributed by atoms with van der Waals surface area (Å²) < 4.78 is 4.93. The molecule has 0 aliphatic carbocycles. The first-order chi connectivity index (χ1) is 13.1. The van der Waals surface area contributed by atoms with Crippen LogP contribution in [-0.2, 0) is 10.5 Å². The van der Waals surface area contributed by atoms with Crippen LogP contribution in [0.2, 0.25) is 5.15 Å². The van der Waals surface area contributed by atoms with Crippen molar-refractivity contribution in [2.75, 3.05) is 38.3 Å². The van der Waals surface area contributed by atoms with E-state index in [1.165, 1.54) is 11.8 Å². The van der Waals surface area contributed by atoms with Gasteiger partial charge in [0.15, 0.2) is 5.16 Å². The maximum atomic E-state index is 12.0. The van der Waals surface area contributed by atoms with Gasteiger partial charge in [0, 0.05) is 44.1 Å². The lowest BCUT2D eigenvalue weighted by molar-refractivity contribution is 0.0937. The molecule has 0 saturated heterocycles. The van der Waals surface area contributed by atoms with Gasteiger partial charge in [-0.3, -0.25) is 4.79 Å². The van der Waals surface area contributed by atoms with Gasteiger partial charge in [-0.05, 0) is 31.5 Å². The Morgan fingerprint density at radius 1 is 1.22 bits per heavy atom. The monoisotopic (exact) mass is 408 g/mol. The van der Waals surface area contributed by atoms with E-state index in [0.29, 0.717) is 34.8 Å². The number of hydrogen-bond donors (Lipinski definition) is 1. The van der Waals surface area contributed by atoms with E-state index in [2.05, 4.69) is 34.0 Å². The smallest absolute Gasteiger partial charge is 0.251 e. The number of anilines is 1. The van der Waals surface area contributed by atoms with E-state index in [9.17, 15) is 4.79 Å². The van der Waals surface area contributed by atoms with Crippen molar-refractivity contribution >= 4 is 35.1 Å². The van der Waals surface area contributed by atoms with Crippen LogP contribution in [-0.4, -0.2) is 49.2 Å². The molecule has 2 rings (SSSR count). The molecule has 1 aromatic carbocycles. The van der Waals surface area contributed by atoms with Crippen molar-refractivity contribution in [3.63, 3.8) is 0 Å². The first kappa shape index (κ1) is 21.5. The fourth-order valence-electron chi connectivity index (χ4n) is 2.43. The second-order valence-electron chi connectivity index (χ2n) is 5.74. The molecule has 0 atom stereocenters. The van der Waals surface area contributed by atoms with Crippen LogP contribution in [0.4, 0.5) is 5.82 Å². The number of halogens is 1. The van der Waals surface area contributed by atoms with Crippen LogP contribution in [0.15, 0.2) is 35.5 Å². The summed E-state index contributed by atoms with van der Waals surface area (Å²) in [5.41, 5.74) is 1.71.